The number of benzene rings is 1. The van der Waals surface area contributed by atoms with Crippen molar-refractivity contribution in [1.29, 1.82) is 0 Å². The SMILES string of the molecule is Cc1nc([C@@H]2CN(C(=O)[C@@H]3Cc4cc(C)c(C)cc4O3)CCO2)n[nH]1. The van der Waals surface area contributed by atoms with E-state index < -0.39 is 6.10 Å². The molecule has 25 heavy (non-hydrogen) atoms. The zero-order valence-electron chi connectivity index (χ0n) is 14.7. The number of carbonyl (C=O) groups excluding carboxylic acids is 1. The van der Waals surface area contributed by atoms with E-state index in [1.165, 1.54) is 11.1 Å². The molecule has 7 heteroatoms. The van der Waals surface area contributed by atoms with E-state index in [4.69, 9.17) is 9.47 Å². The third-order valence-electron chi connectivity index (χ3n) is 4.91. The van der Waals surface area contributed by atoms with Gasteiger partial charge >= 0.3 is 0 Å². The summed E-state index contributed by atoms with van der Waals surface area (Å²) in [5, 5.41) is 6.97. The van der Waals surface area contributed by atoms with E-state index in [-0.39, 0.29) is 12.0 Å². The van der Waals surface area contributed by atoms with Gasteiger partial charge in [-0.05, 0) is 43.5 Å². The summed E-state index contributed by atoms with van der Waals surface area (Å²) >= 11 is 0. The highest BCUT2D eigenvalue weighted by Gasteiger charge is 2.36. The molecule has 1 saturated heterocycles. The highest BCUT2D eigenvalue weighted by molar-refractivity contribution is 5.83. The minimum Gasteiger partial charge on any atom is -0.480 e. The van der Waals surface area contributed by atoms with Crippen molar-refractivity contribution in [2.24, 2.45) is 0 Å². The molecule has 0 bridgehead atoms. The van der Waals surface area contributed by atoms with E-state index in [2.05, 4.69) is 35.1 Å². The molecular weight excluding hydrogens is 320 g/mol. The molecule has 1 N–H and O–H groups in total. The van der Waals surface area contributed by atoms with E-state index in [9.17, 15) is 4.79 Å². The molecule has 4 rings (SSSR count). The lowest BCUT2D eigenvalue weighted by molar-refractivity contribution is -0.146. The number of nitrogens with zero attached hydrogens (tertiary/aromatic N) is 3. The second-order valence-electron chi connectivity index (χ2n) is 6.78. The number of ether oxygens (including phenoxy) is 2. The molecule has 1 amide bonds. The second-order valence-corrected chi connectivity index (χ2v) is 6.78. The molecule has 2 aliphatic heterocycles. The maximum Gasteiger partial charge on any atom is 0.264 e. The standard InChI is InChI=1S/C18H22N4O3/c1-10-6-13-8-15(25-14(13)7-11(10)2)18(23)22-4-5-24-16(9-22)17-19-12(3)20-21-17/h6-7,15-16H,4-5,8-9H2,1-3H3,(H,19,20,21)/t15-,16-/m0/s1. The number of H-pyrrole nitrogens is 1. The summed E-state index contributed by atoms with van der Waals surface area (Å²) in [5.41, 5.74) is 3.51. The first kappa shape index (κ1) is 16.1. The van der Waals surface area contributed by atoms with Crippen molar-refractivity contribution in [3.05, 3.63) is 40.5 Å². The highest BCUT2D eigenvalue weighted by Crippen LogP contribution is 2.32. The minimum atomic E-state index is -0.455. The average molecular weight is 342 g/mol. The summed E-state index contributed by atoms with van der Waals surface area (Å²) in [6.07, 6.45) is -0.128. The van der Waals surface area contributed by atoms with Crippen LogP contribution in [0, 0.1) is 20.8 Å². The van der Waals surface area contributed by atoms with Gasteiger partial charge in [0.1, 0.15) is 17.7 Å². The average Bonchev–Trinajstić information content (AvgIpc) is 3.21. The van der Waals surface area contributed by atoms with Gasteiger partial charge in [0, 0.05) is 13.0 Å². The van der Waals surface area contributed by atoms with E-state index in [0.29, 0.717) is 31.9 Å². The second kappa shape index (κ2) is 6.15. The van der Waals surface area contributed by atoms with Crippen LogP contribution in [0.2, 0.25) is 0 Å². The molecule has 2 aliphatic rings. The van der Waals surface area contributed by atoms with Crippen LogP contribution in [0.15, 0.2) is 12.1 Å². The van der Waals surface area contributed by atoms with Gasteiger partial charge in [-0.1, -0.05) is 6.07 Å². The molecule has 2 atom stereocenters. The third-order valence-corrected chi connectivity index (χ3v) is 4.91. The predicted molar refractivity (Wildman–Crippen MR) is 90.4 cm³/mol. The van der Waals surface area contributed by atoms with E-state index in [0.717, 1.165) is 17.1 Å². The summed E-state index contributed by atoms with van der Waals surface area (Å²) in [6.45, 7) is 7.46. The molecule has 0 radical (unpaired) electrons. The Morgan fingerprint density at radius 3 is 2.84 bits per heavy atom. The molecule has 0 saturated carbocycles. The molecule has 0 aliphatic carbocycles. The number of carbonyl (C=O) groups is 1. The largest absolute Gasteiger partial charge is 0.480 e. The van der Waals surface area contributed by atoms with Gasteiger partial charge in [-0.2, -0.15) is 5.10 Å². The predicted octanol–water partition coefficient (Wildman–Crippen LogP) is 1.63. The lowest BCUT2D eigenvalue weighted by atomic mass is 10.0. The van der Waals surface area contributed by atoms with Crippen molar-refractivity contribution in [3.63, 3.8) is 0 Å². The van der Waals surface area contributed by atoms with E-state index in [1.54, 1.807) is 4.90 Å². The minimum absolute atomic E-state index is 0.00654. The summed E-state index contributed by atoms with van der Waals surface area (Å²) in [4.78, 5) is 19.0. The Labute approximate surface area is 146 Å². The van der Waals surface area contributed by atoms with Crippen molar-refractivity contribution in [2.75, 3.05) is 19.7 Å². The Hall–Kier alpha value is -2.41. The first-order chi connectivity index (χ1) is 12.0. The van der Waals surface area contributed by atoms with Crippen LogP contribution in [0.25, 0.3) is 0 Å². The molecule has 2 aromatic rings. The Kier molecular flexibility index (Phi) is 3.95. The molecule has 1 aromatic carbocycles. The van der Waals surface area contributed by atoms with Gasteiger partial charge in [-0.15, -0.1) is 0 Å². The van der Waals surface area contributed by atoms with Crippen molar-refractivity contribution >= 4 is 5.91 Å². The molecule has 132 valence electrons. The van der Waals surface area contributed by atoms with Gasteiger partial charge in [0.2, 0.25) is 0 Å². The first-order valence-electron chi connectivity index (χ1n) is 8.57. The molecular formula is C18H22N4O3. The Balaban J connectivity index is 1.46. The zero-order chi connectivity index (χ0) is 17.6. The smallest absolute Gasteiger partial charge is 0.264 e. The van der Waals surface area contributed by atoms with Crippen LogP contribution in [0.4, 0.5) is 0 Å². The summed E-state index contributed by atoms with van der Waals surface area (Å²) in [7, 11) is 0. The molecule has 7 nitrogen and oxygen atoms in total. The van der Waals surface area contributed by atoms with E-state index in [1.807, 2.05) is 13.0 Å². The lowest BCUT2D eigenvalue weighted by Crippen LogP contribution is -2.48. The summed E-state index contributed by atoms with van der Waals surface area (Å²) in [5.74, 6) is 2.17. The first-order valence-corrected chi connectivity index (χ1v) is 8.57. The number of rotatable bonds is 2. The summed E-state index contributed by atoms with van der Waals surface area (Å²) in [6, 6.07) is 4.15. The molecule has 1 fully saturated rings. The van der Waals surface area contributed by atoms with Crippen LogP contribution in [-0.2, 0) is 16.0 Å². The van der Waals surface area contributed by atoms with Gasteiger partial charge < -0.3 is 14.4 Å². The number of nitrogens with one attached hydrogen (secondary N) is 1. The fourth-order valence-corrected chi connectivity index (χ4v) is 3.36. The zero-order valence-corrected chi connectivity index (χ0v) is 14.7. The highest BCUT2D eigenvalue weighted by atomic mass is 16.5. The lowest BCUT2D eigenvalue weighted by Gasteiger charge is -2.32. The van der Waals surface area contributed by atoms with E-state index >= 15 is 0 Å². The van der Waals surface area contributed by atoms with Crippen LogP contribution < -0.4 is 4.74 Å². The van der Waals surface area contributed by atoms with Crippen molar-refractivity contribution in [2.45, 2.75) is 39.4 Å². The van der Waals surface area contributed by atoms with Crippen molar-refractivity contribution in [1.82, 2.24) is 20.1 Å². The van der Waals surface area contributed by atoms with Crippen LogP contribution >= 0.6 is 0 Å². The number of aromatic amines is 1. The van der Waals surface area contributed by atoms with Gasteiger partial charge in [0.05, 0.1) is 13.2 Å². The number of aryl methyl sites for hydroxylation is 3. The molecule has 0 spiro atoms. The van der Waals surface area contributed by atoms with Crippen LogP contribution in [-0.4, -0.2) is 51.8 Å². The van der Waals surface area contributed by atoms with Crippen LogP contribution in [0.3, 0.4) is 0 Å². The Bertz CT molecular complexity index is 786. The van der Waals surface area contributed by atoms with Crippen LogP contribution in [0.1, 0.15) is 34.4 Å². The number of fused-ring (bicyclic) bond motifs is 1. The number of hydrogen-bond donors (Lipinski definition) is 1. The van der Waals surface area contributed by atoms with Gasteiger partial charge in [-0.3, -0.25) is 9.89 Å². The molecule has 3 heterocycles. The monoisotopic (exact) mass is 342 g/mol. The maximum atomic E-state index is 12.9. The molecule has 1 aromatic heterocycles. The fourth-order valence-electron chi connectivity index (χ4n) is 3.36. The maximum absolute atomic E-state index is 12.9. The number of amides is 1. The number of aromatic nitrogens is 3. The van der Waals surface area contributed by atoms with Crippen molar-refractivity contribution < 1.29 is 14.3 Å². The number of hydrogen-bond acceptors (Lipinski definition) is 5. The van der Waals surface area contributed by atoms with Gasteiger partial charge in [0.25, 0.3) is 5.91 Å². The third kappa shape index (κ3) is 3.00. The topological polar surface area (TPSA) is 80.3 Å². The summed E-state index contributed by atoms with van der Waals surface area (Å²) < 4.78 is 11.7. The molecule has 0 unspecified atom stereocenters. The van der Waals surface area contributed by atoms with Gasteiger partial charge in [0.15, 0.2) is 11.9 Å². The van der Waals surface area contributed by atoms with Gasteiger partial charge in [-0.25, -0.2) is 4.98 Å². The Morgan fingerprint density at radius 2 is 2.08 bits per heavy atom. The quantitative estimate of drug-likeness (QED) is 0.897. The Morgan fingerprint density at radius 1 is 1.28 bits per heavy atom. The normalized spacial score (nSPS) is 22.6. The fraction of sp³-hybridized carbons (Fsp3) is 0.500. The number of morpholine rings is 1. The van der Waals surface area contributed by atoms with Crippen LogP contribution in [0.5, 0.6) is 5.75 Å². The van der Waals surface area contributed by atoms with Crippen molar-refractivity contribution in [3.8, 4) is 5.75 Å².